The Kier molecular flexibility index (Phi) is 5.26. The van der Waals surface area contributed by atoms with Crippen LogP contribution in [0.15, 0.2) is 48.5 Å². The maximum atomic E-state index is 13.8. The van der Waals surface area contributed by atoms with E-state index in [-0.39, 0.29) is 30.4 Å². The monoisotopic (exact) mass is 410 g/mol. The number of halogens is 1. The summed E-state index contributed by atoms with van der Waals surface area (Å²) in [5.74, 6) is 0.627. The van der Waals surface area contributed by atoms with Crippen LogP contribution in [0, 0.1) is 17.2 Å². The van der Waals surface area contributed by atoms with Crippen LogP contribution in [-0.4, -0.2) is 34.4 Å². The van der Waals surface area contributed by atoms with Crippen molar-refractivity contribution in [2.24, 2.45) is 11.8 Å². The minimum absolute atomic E-state index is 0.0269. The highest BCUT2D eigenvalue weighted by Gasteiger charge is 2.60. The molecular formula is C24H27ClN2O2. The average molecular weight is 411 g/mol. The van der Waals surface area contributed by atoms with Gasteiger partial charge in [-0.05, 0) is 53.5 Å². The number of nitrogens with one attached hydrogen (secondary N) is 1. The molecule has 0 radical (unpaired) electrons. The van der Waals surface area contributed by atoms with E-state index < -0.39 is 5.41 Å². The van der Waals surface area contributed by atoms with Gasteiger partial charge >= 0.3 is 0 Å². The number of amides is 1. The van der Waals surface area contributed by atoms with Gasteiger partial charge in [0.25, 0.3) is 0 Å². The number of aliphatic hydroxyl groups excluding tert-OH is 1. The molecule has 0 bridgehead atoms. The number of carbonyl (C=O) groups excluding carboxylic acids is 1. The first-order valence-corrected chi connectivity index (χ1v) is 10.6. The van der Waals surface area contributed by atoms with Gasteiger partial charge in [0.2, 0.25) is 5.91 Å². The first-order chi connectivity index (χ1) is 13.9. The molecular weight excluding hydrogens is 384 g/mol. The molecule has 152 valence electrons. The summed E-state index contributed by atoms with van der Waals surface area (Å²) in [6, 6.07) is 15.5. The lowest BCUT2D eigenvalue weighted by molar-refractivity contribution is -0.134. The molecule has 4 rings (SSSR count). The highest BCUT2D eigenvalue weighted by atomic mass is 35.5. The summed E-state index contributed by atoms with van der Waals surface area (Å²) < 4.78 is 0. The predicted octanol–water partition coefficient (Wildman–Crippen LogP) is 4.88. The van der Waals surface area contributed by atoms with Gasteiger partial charge in [-0.1, -0.05) is 61.8 Å². The molecule has 4 nitrogen and oxygen atoms in total. The molecule has 2 aromatic carbocycles. The van der Waals surface area contributed by atoms with Crippen LogP contribution in [0.4, 0.5) is 0 Å². The Morgan fingerprint density at radius 1 is 1.17 bits per heavy atom. The summed E-state index contributed by atoms with van der Waals surface area (Å²) in [6.45, 7) is 3.84. The largest absolute Gasteiger partial charge is 0.394 e. The van der Waals surface area contributed by atoms with Crippen molar-refractivity contribution in [3.8, 4) is 11.1 Å². The van der Waals surface area contributed by atoms with Gasteiger partial charge in [-0.3, -0.25) is 15.1 Å². The smallest absolute Gasteiger partial charge is 0.239 e. The predicted molar refractivity (Wildman–Crippen MR) is 116 cm³/mol. The van der Waals surface area contributed by atoms with E-state index in [9.17, 15) is 9.90 Å². The number of hydrogen-bond donors (Lipinski definition) is 2. The highest BCUT2D eigenvalue weighted by Crippen LogP contribution is 2.54. The third kappa shape index (κ3) is 3.38. The molecule has 0 aromatic heterocycles. The summed E-state index contributed by atoms with van der Waals surface area (Å²) in [7, 11) is 0. The number of rotatable bonds is 6. The van der Waals surface area contributed by atoms with Gasteiger partial charge in [0.05, 0.1) is 18.1 Å². The fourth-order valence-electron chi connectivity index (χ4n) is 4.70. The van der Waals surface area contributed by atoms with Crippen LogP contribution in [0.2, 0.25) is 5.02 Å². The van der Waals surface area contributed by atoms with Crippen molar-refractivity contribution in [3.05, 3.63) is 59.1 Å². The third-order valence-electron chi connectivity index (χ3n) is 6.44. The zero-order valence-corrected chi connectivity index (χ0v) is 17.6. The Morgan fingerprint density at radius 3 is 2.41 bits per heavy atom. The van der Waals surface area contributed by atoms with Crippen LogP contribution >= 0.6 is 11.6 Å². The molecule has 1 heterocycles. The minimum atomic E-state index is -0.700. The summed E-state index contributed by atoms with van der Waals surface area (Å²) in [6.07, 6.45) is 2.40. The second-order valence-corrected chi connectivity index (χ2v) is 9.07. The van der Waals surface area contributed by atoms with Crippen LogP contribution in [0.25, 0.3) is 11.1 Å². The van der Waals surface area contributed by atoms with Crippen molar-refractivity contribution in [2.45, 2.75) is 44.6 Å². The van der Waals surface area contributed by atoms with Crippen molar-refractivity contribution in [1.29, 1.82) is 5.41 Å². The third-order valence-corrected chi connectivity index (χ3v) is 6.67. The van der Waals surface area contributed by atoms with Crippen molar-refractivity contribution in [1.82, 2.24) is 4.90 Å². The van der Waals surface area contributed by atoms with Gasteiger partial charge in [-0.15, -0.1) is 0 Å². The lowest BCUT2D eigenvalue weighted by atomic mass is 9.73. The molecule has 5 heteroatoms. The SMILES string of the molecule is CC(C)[C@H](CO)N1C(=N)CC(c2cccc(-c3cccc(Cl)c3)c2)(C2CC2)C1=O. The molecule has 1 amide bonds. The van der Waals surface area contributed by atoms with E-state index >= 15 is 0 Å². The van der Waals surface area contributed by atoms with Crippen LogP contribution < -0.4 is 0 Å². The Labute approximate surface area is 177 Å². The summed E-state index contributed by atoms with van der Waals surface area (Å²) >= 11 is 6.18. The number of carbonyl (C=O) groups is 1. The zero-order valence-electron chi connectivity index (χ0n) is 16.9. The van der Waals surface area contributed by atoms with E-state index in [0.29, 0.717) is 17.3 Å². The lowest BCUT2D eigenvalue weighted by Crippen LogP contribution is -2.48. The minimum Gasteiger partial charge on any atom is -0.394 e. The van der Waals surface area contributed by atoms with Gasteiger partial charge in [0, 0.05) is 11.4 Å². The van der Waals surface area contributed by atoms with Crippen LogP contribution in [0.5, 0.6) is 0 Å². The van der Waals surface area contributed by atoms with Gasteiger partial charge in [-0.25, -0.2) is 0 Å². The van der Waals surface area contributed by atoms with Crippen LogP contribution in [-0.2, 0) is 10.2 Å². The first-order valence-electron chi connectivity index (χ1n) is 10.3. The Hall–Kier alpha value is -2.17. The number of nitrogens with zero attached hydrogens (tertiary/aromatic N) is 1. The van der Waals surface area contributed by atoms with Crippen molar-refractivity contribution in [3.63, 3.8) is 0 Å². The van der Waals surface area contributed by atoms with Gasteiger partial charge in [0.1, 0.15) is 5.84 Å². The van der Waals surface area contributed by atoms with E-state index in [2.05, 4.69) is 6.07 Å². The molecule has 0 spiro atoms. The molecule has 1 unspecified atom stereocenters. The Bertz CT molecular complexity index is 953. The molecule has 2 aliphatic rings. The second-order valence-electron chi connectivity index (χ2n) is 8.63. The zero-order chi connectivity index (χ0) is 20.8. The van der Waals surface area contributed by atoms with Gasteiger partial charge in [-0.2, -0.15) is 0 Å². The quantitative estimate of drug-likeness (QED) is 0.712. The highest BCUT2D eigenvalue weighted by molar-refractivity contribution is 6.30. The lowest BCUT2D eigenvalue weighted by Gasteiger charge is -2.33. The molecule has 29 heavy (non-hydrogen) atoms. The summed E-state index contributed by atoms with van der Waals surface area (Å²) in [4.78, 5) is 15.3. The number of benzene rings is 2. The topological polar surface area (TPSA) is 64.4 Å². The summed E-state index contributed by atoms with van der Waals surface area (Å²) in [5.41, 5.74) is 2.30. The van der Waals surface area contributed by atoms with E-state index in [0.717, 1.165) is 29.5 Å². The normalized spacial score (nSPS) is 23.1. The van der Waals surface area contributed by atoms with Crippen molar-refractivity contribution < 1.29 is 9.90 Å². The van der Waals surface area contributed by atoms with E-state index in [4.69, 9.17) is 17.0 Å². The summed E-state index contributed by atoms with van der Waals surface area (Å²) in [5, 5.41) is 19.2. The fraction of sp³-hybridized carbons (Fsp3) is 0.417. The molecule has 1 aliphatic carbocycles. The molecule has 1 aliphatic heterocycles. The number of likely N-dealkylation sites (tertiary alicyclic amines) is 1. The number of hydrogen-bond acceptors (Lipinski definition) is 3. The average Bonchev–Trinajstić information content (AvgIpc) is 3.51. The van der Waals surface area contributed by atoms with Gasteiger partial charge < -0.3 is 5.11 Å². The molecule has 2 aromatic rings. The van der Waals surface area contributed by atoms with Crippen LogP contribution in [0.1, 0.15) is 38.7 Å². The molecule has 2 fully saturated rings. The molecule has 2 N–H and O–H groups in total. The van der Waals surface area contributed by atoms with Gasteiger partial charge in [0.15, 0.2) is 0 Å². The first kappa shape index (κ1) is 20.1. The van der Waals surface area contributed by atoms with Crippen molar-refractivity contribution in [2.75, 3.05) is 6.61 Å². The Morgan fingerprint density at radius 2 is 1.83 bits per heavy atom. The Balaban J connectivity index is 1.78. The molecule has 1 saturated heterocycles. The maximum absolute atomic E-state index is 13.8. The van der Waals surface area contributed by atoms with E-state index in [1.165, 1.54) is 0 Å². The number of amidine groups is 1. The molecule has 2 atom stereocenters. The molecule has 1 saturated carbocycles. The second kappa shape index (κ2) is 7.58. The maximum Gasteiger partial charge on any atom is 0.239 e. The standard InChI is InChI=1S/C24H27ClN2O2/c1-15(2)21(14-28)27-22(26)13-24(23(27)29,18-9-10-18)19-7-3-5-16(11-19)17-6-4-8-20(25)12-17/h3-8,11-12,15,18,21,26,28H,9-10,13-14H2,1-2H3/t21-,24?/m0/s1. The van der Waals surface area contributed by atoms with Crippen molar-refractivity contribution >= 4 is 23.3 Å². The number of aliphatic hydroxyl groups is 1. The van der Waals surface area contributed by atoms with E-state index in [1.807, 2.05) is 56.3 Å². The van der Waals surface area contributed by atoms with Crippen LogP contribution in [0.3, 0.4) is 0 Å². The van der Waals surface area contributed by atoms with E-state index in [1.54, 1.807) is 4.90 Å². The fourth-order valence-corrected chi connectivity index (χ4v) is 4.89.